The molecule has 0 heterocycles. The van der Waals surface area contributed by atoms with E-state index in [9.17, 15) is 9.59 Å². The summed E-state index contributed by atoms with van der Waals surface area (Å²) < 4.78 is 0. The highest BCUT2D eigenvalue weighted by atomic mass is 16.2. The predicted molar refractivity (Wildman–Crippen MR) is 139 cm³/mol. The average Bonchev–Trinajstić information content (AvgIpc) is 2.80. The van der Waals surface area contributed by atoms with Gasteiger partial charge in [0.25, 0.3) is 0 Å². The van der Waals surface area contributed by atoms with Gasteiger partial charge in [-0.15, -0.1) is 0 Å². The van der Waals surface area contributed by atoms with Crippen molar-refractivity contribution >= 4 is 11.8 Å². The molecule has 0 saturated heterocycles. The molecule has 0 bridgehead atoms. The molecule has 4 nitrogen and oxygen atoms in total. The van der Waals surface area contributed by atoms with Gasteiger partial charge in [0.05, 0.1) is 0 Å². The normalized spacial score (nSPS) is 12.9. The maximum Gasteiger partial charge on any atom is 0.235 e. The fourth-order valence-electron chi connectivity index (χ4n) is 3.61. The second-order valence-electron chi connectivity index (χ2n) is 10.0. The lowest BCUT2D eigenvalue weighted by molar-refractivity contribution is -0.141. The summed E-state index contributed by atoms with van der Waals surface area (Å²) in [4.78, 5) is 24.2. The van der Waals surface area contributed by atoms with Crippen LogP contribution in [0.25, 0.3) is 0 Å². The van der Waals surface area contributed by atoms with E-state index in [1.807, 2.05) is 0 Å². The van der Waals surface area contributed by atoms with Crippen LogP contribution in [0.4, 0.5) is 0 Å². The van der Waals surface area contributed by atoms with Gasteiger partial charge in [-0.2, -0.15) is 0 Å². The Hall–Kier alpha value is -2.62. The number of benzene rings is 2. The Labute approximate surface area is 201 Å². The molecule has 0 aliphatic rings. The quantitative estimate of drug-likeness (QED) is 0.431. The highest BCUT2D eigenvalue weighted by molar-refractivity contribution is 6.04. The number of hydrogen-bond donors (Lipinski definition) is 2. The second kappa shape index (κ2) is 13.8. The minimum atomic E-state index is -1.09. The molecule has 2 rings (SSSR count). The Bertz CT molecular complexity index is 839. The molecule has 4 heteroatoms. The first-order valence-corrected chi connectivity index (χ1v) is 12.2. The van der Waals surface area contributed by atoms with Crippen LogP contribution in [0.2, 0.25) is 0 Å². The average molecular weight is 453 g/mol. The van der Waals surface area contributed by atoms with Gasteiger partial charge < -0.3 is 10.6 Å². The highest BCUT2D eigenvalue weighted by Crippen LogP contribution is 2.32. The molecule has 2 atom stereocenters. The third-order valence-electron chi connectivity index (χ3n) is 5.77. The highest BCUT2D eigenvalue weighted by Gasteiger charge is 2.34. The van der Waals surface area contributed by atoms with Crippen molar-refractivity contribution in [3.8, 4) is 0 Å². The topological polar surface area (TPSA) is 58.2 Å². The SMILES string of the molecule is CC(C)C.CCC(CC(C)c1ccccc1)c1ccc(CNC(=O)C(C)(C)C(=O)NC)cc1. The van der Waals surface area contributed by atoms with Crippen molar-refractivity contribution in [3.05, 3.63) is 71.3 Å². The minimum Gasteiger partial charge on any atom is -0.358 e. The zero-order chi connectivity index (χ0) is 25.0. The van der Waals surface area contributed by atoms with E-state index in [1.165, 1.54) is 11.1 Å². The monoisotopic (exact) mass is 452 g/mol. The number of rotatable bonds is 9. The minimum absolute atomic E-state index is 0.274. The van der Waals surface area contributed by atoms with Gasteiger partial charge in [-0.25, -0.2) is 0 Å². The Morgan fingerprint density at radius 1 is 0.848 bits per heavy atom. The summed E-state index contributed by atoms with van der Waals surface area (Å²) in [6.07, 6.45) is 2.20. The van der Waals surface area contributed by atoms with E-state index in [4.69, 9.17) is 0 Å². The Balaban J connectivity index is 0.00000125. The summed E-state index contributed by atoms with van der Waals surface area (Å²) in [7, 11) is 1.54. The zero-order valence-electron chi connectivity index (χ0n) is 21.9. The largest absolute Gasteiger partial charge is 0.358 e. The van der Waals surface area contributed by atoms with Crippen LogP contribution >= 0.6 is 0 Å². The van der Waals surface area contributed by atoms with E-state index in [0.717, 1.165) is 24.3 Å². The Morgan fingerprint density at radius 3 is 1.88 bits per heavy atom. The van der Waals surface area contributed by atoms with Crippen LogP contribution in [0.3, 0.4) is 0 Å². The van der Waals surface area contributed by atoms with E-state index in [2.05, 4.69) is 99.8 Å². The van der Waals surface area contributed by atoms with Crippen LogP contribution in [-0.4, -0.2) is 18.9 Å². The first-order valence-electron chi connectivity index (χ1n) is 12.2. The fraction of sp³-hybridized carbons (Fsp3) is 0.517. The second-order valence-corrected chi connectivity index (χ2v) is 10.0. The molecule has 0 fully saturated rings. The lowest BCUT2D eigenvalue weighted by atomic mass is 9.84. The Morgan fingerprint density at radius 2 is 1.39 bits per heavy atom. The number of carbonyl (C=O) groups is 2. The van der Waals surface area contributed by atoms with Crippen molar-refractivity contribution in [2.75, 3.05) is 7.05 Å². The summed E-state index contributed by atoms with van der Waals surface area (Å²) in [5.74, 6) is 1.28. The molecule has 33 heavy (non-hydrogen) atoms. The van der Waals surface area contributed by atoms with Gasteiger partial charge in [0, 0.05) is 13.6 Å². The molecular weight excluding hydrogens is 408 g/mol. The molecule has 182 valence electrons. The van der Waals surface area contributed by atoms with Crippen molar-refractivity contribution in [3.63, 3.8) is 0 Å². The summed E-state index contributed by atoms with van der Waals surface area (Å²) in [5, 5.41) is 5.41. The fourth-order valence-corrected chi connectivity index (χ4v) is 3.61. The molecule has 0 aliphatic carbocycles. The number of nitrogens with one attached hydrogen (secondary N) is 2. The third-order valence-corrected chi connectivity index (χ3v) is 5.77. The molecule has 2 N–H and O–H groups in total. The molecule has 2 unspecified atom stereocenters. The molecule has 0 saturated carbocycles. The number of carbonyl (C=O) groups excluding carboxylic acids is 2. The van der Waals surface area contributed by atoms with Gasteiger partial charge >= 0.3 is 0 Å². The molecular formula is C29H44N2O2. The van der Waals surface area contributed by atoms with Crippen LogP contribution in [0.5, 0.6) is 0 Å². The van der Waals surface area contributed by atoms with Crippen molar-refractivity contribution in [2.45, 2.75) is 79.7 Å². The van der Waals surface area contributed by atoms with Gasteiger partial charge in [-0.05, 0) is 61.1 Å². The van der Waals surface area contributed by atoms with E-state index in [1.54, 1.807) is 20.9 Å². The van der Waals surface area contributed by atoms with Crippen LogP contribution < -0.4 is 10.6 Å². The predicted octanol–water partition coefficient (Wildman–Crippen LogP) is 6.42. The van der Waals surface area contributed by atoms with Crippen LogP contribution in [-0.2, 0) is 16.1 Å². The van der Waals surface area contributed by atoms with E-state index >= 15 is 0 Å². The third kappa shape index (κ3) is 9.41. The van der Waals surface area contributed by atoms with Gasteiger partial charge in [0.1, 0.15) is 5.41 Å². The Kier molecular flexibility index (Phi) is 11.9. The molecule has 0 radical (unpaired) electrons. The maximum atomic E-state index is 12.3. The standard InChI is InChI=1S/C25H34N2O2.C4H10/c1-6-20(16-18(2)21-10-8-7-9-11-21)22-14-12-19(13-15-22)17-27-24(29)25(3,4)23(28)26-5;1-4(2)3/h7-15,18,20H,6,16-17H2,1-5H3,(H,26,28)(H,27,29);4H,1-3H3. The maximum absolute atomic E-state index is 12.3. The lowest BCUT2D eigenvalue weighted by Gasteiger charge is -2.22. The molecule has 2 aromatic carbocycles. The van der Waals surface area contributed by atoms with Gasteiger partial charge in [0.2, 0.25) is 11.8 Å². The van der Waals surface area contributed by atoms with Crippen LogP contribution in [0.1, 0.15) is 89.8 Å². The smallest absolute Gasteiger partial charge is 0.235 e. The van der Waals surface area contributed by atoms with Crippen molar-refractivity contribution in [2.24, 2.45) is 11.3 Å². The van der Waals surface area contributed by atoms with E-state index in [-0.39, 0.29) is 11.8 Å². The van der Waals surface area contributed by atoms with Crippen molar-refractivity contribution in [1.82, 2.24) is 10.6 Å². The molecule has 0 aromatic heterocycles. The van der Waals surface area contributed by atoms with Gasteiger partial charge in [-0.1, -0.05) is 89.2 Å². The van der Waals surface area contributed by atoms with E-state index in [0.29, 0.717) is 18.4 Å². The number of amides is 2. The lowest BCUT2D eigenvalue weighted by Crippen LogP contribution is -2.46. The summed E-state index contributed by atoms with van der Waals surface area (Å²) in [6.45, 7) is 14.7. The molecule has 2 amide bonds. The summed E-state index contributed by atoms with van der Waals surface area (Å²) in [5.41, 5.74) is 2.65. The molecule has 0 spiro atoms. The molecule has 0 aliphatic heterocycles. The first-order chi connectivity index (χ1) is 15.5. The van der Waals surface area contributed by atoms with Crippen molar-refractivity contribution in [1.29, 1.82) is 0 Å². The van der Waals surface area contributed by atoms with Crippen molar-refractivity contribution < 1.29 is 9.59 Å². The molecule has 2 aromatic rings. The summed E-state index contributed by atoms with van der Waals surface area (Å²) >= 11 is 0. The summed E-state index contributed by atoms with van der Waals surface area (Å²) in [6, 6.07) is 19.1. The van der Waals surface area contributed by atoms with Crippen LogP contribution in [0, 0.1) is 11.3 Å². The number of hydrogen-bond acceptors (Lipinski definition) is 2. The zero-order valence-corrected chi connectivity index (χ0v) is 21.9. The van der Waals surface area contributed by atoms with Gasteiger partial charge in [0.15, 0.2) is 0 Å². The van der Waals surface area contributed by atoms with E-state index < -0.39 is 5.41 Å². The first kappa shape index (κ1) is 28.4. The van der Waals surface area contributed by atoms with Crippen LogP contribution in [0.15, 0.2) is 54.6 Å². The van der Waals surface area contributed by atoms with Gasteiger partial charge in [-0.3, -0.25) is 9.59 Å².